The van der Waals surface area contributed by atoms with Crippen LogP contribution in [-0.2, 0) is 0 Å². The van der Waals surface area contributed by atoms with Gasteiger partial charge in [-0.2, -0.15) is 0 Å². The summed E-state index contributed by atoms with van der Waals surface area (Å²) in [6.45, 7) is 8.29. The van der Waals surface area contributed by atoms with Crippen molar-refractivity contribution in [1.29, 1.82) is 0 Å². The second-order valence-electron chi connectivity index (χ2n) is 4.82. The van der Waals surface area contributed by atoms with Gasteiger partial charge in [0, 0.05) is 0 Å². The van der Waals surface area contributed by atoms with E-state index in [2.05, 4.69) is 13.8 Å². The number of methoxy groups -OCH3 is 1. The predicted molar refractivity (Wildman–Crippen MR) is 66.9 cm³/mol. The summed E-state index contributed by atoms with van der Waals surface area (Å²) in [4.78, 5) is 0. The van der Waals surface area contributed by atoms with E-state index in [1.165, 1.54) is 0 Å². The van der Waals surface area contributed by atoms with Crippen molar-refractivity contribution in [3.05, 3.63) is 28.8 Å². The highest BCUT2D eigenvalue weighted by Gasteiger charge is 2.15. The fourth-order valence-electron chi connectivity index (χ4n) is 2.14. The maximum atomic E-state index is 10.2. The molecule has 2 heteroatoms. The van der Waals surface area contributed by atoms with Crippen LogP contribution in [-0.4, -0.2) is 12.2 Å². The number of aliphatic hydroxyl groups excluding tert-OH is 1. The fourth-order valence-corrected chi connectivity index (χ4v) is 2.14. The molecule has 0 aliphatic heterocycles. The Morgan fingerprint density at radius 1 is 1.19 bits per heavy atom. The van der Waals surface area contributed by atoms with Crippen molar-refractivity contribution < 1.29 is 9.84 Å². The Morgan fingerprint density at radius 3 is 2.06 bits per heavy atom. The van der Waals surface area contributed by atoms with E-state index in [1.54, 1.807) is 7.11 Å². The van der Waals surface area contributed by atoms with Crippen molar-refractivity contribution in [3.63, 3.8) is 0 Å². The van der Waals surface area contributed by atoms with Gasteiger partial charge in [-0.05, 0) is 55.0 Å². The molecule has 1 atom stereocenters. The van der Waals surface area contributed by atoms with E-state index in [0.29, 0.717) is 5.92 Å². The first-order chi connectivity index (χ1) is 7.45. The minimum atomic E-state index is -0.370. The summed E-state index contributed by atoms with van der Waals surface area (Å²) in [7, 11) is 1.67. The molecule has 1 aromatic carbocycles. The van der Waals surface area contributed by atoms with Gasteiger partial charge in [0.15, 0.2) is 0 Å². The van der Waals surface area contributed by atoms with E-state index >= 15 is 0 Å². The van der Waals surface area contributed by atoms with Crippen molar-refractivity contribution in [1.82, 2.24) is 0 Å². The zero-order chi connectivity index (χ0) is 12.3. The molecule has 0 saturated heterocycles. The molecule has 2 nitrogen and oxygen atoms in total. The van der Waals surface area contributed by atoms with Gasteiger partial charge in [-0.3, -0.25) is 0 Å². The SMILES string of the molecule is COc1cc(C)c(C(O)CC(C)C)c(C)c1. The highest BCUT2D eigenvalue weighted by Crippen LogP contribution is 2.30. The highest BCUT2D eigenvalue weighted by molar-refractivity contribution is 5.42. The average Bonchev–Trinajstić information content (AvgIpc) is 2.15. The van der Waals surface area contributed by atoms with E-state index in [9.17, 15) is 5.11 Å². The van der Waals surface area contributed by atoms with E-state index < -0.39 is 0 Å². The number of aliphatic hydroxyl groups is 1. The summed E-state index contributed by atoms with van der Waals surface area (Å²) in [6, 6.07) is 3.96. The molecule has 1 N–H and O–H groups in total. The van der Waals surface area contributed by atoms with Crippen molar-refractivity contribution >= 4 is 0 Å². The van der Waals surface area contributed by atoms with Crippen LogP contribution in [0, 0.1) is 19.8 Å². The Labute approximate surface area is 98.3 Å². The third-order valence-electron chi connectivity index (χ3n) is 2.83. The Kier molecular flexibility index (Phi) is 4.36. The van der Waals surface area contributed by atoms with Crippen LogP contribution in [0.2, 0.25) is 0 Å². The highest BCUT2D eigenvalue weighted by atomic mass is 16.5. The Bertz CT molecular complexity index is 333. The number of aryl methyl sites for hydroxylation is 2. The maximum Gasteiger partial charge on any atom is 0.119 e. The van der Waals surface area contributed by atoms with Crippen LogP contribution in [0.4, 0.5) is 0 Å². The molecule has 0 amide bonds. The lowest BCUT2D eigenvalue weighted by molar-refractivity contribution is 0.149. The normalized spacial score (nSPS) is 12.9. The van der Waals surface area contributed by atoms with Crippen molar-refractivity contribution in [2.24, 2.45) is 5.92 Å². The molecule has 1 rings (SSSR count). The number of rotatable bonds is 4. The largest absolute Gasteiger partial charge is 0.497 e. The quantitative estimate of drug-likeness (QED) is 0.846. The van der Waals surface area contributed by atoms with Gasteiger partial charge >= 0.3 is 0 Å². The second kappa shape index (κ2) is 5.35. The van der Waals surface area contributed by atoms with E-state index in [-0.39, 0.29) is 6.10 Å². The van der Waals surface area contributed by atoms with Gasteiger partial charge in [0.1, 0.15) is 5.75 Å². The summed E-state index contributed by atoms with van der Waals surface area (Å²) < 4.78 is 5.21. The third-order valence-corrected chi connectivity index (χ3v) is 2.83. The van der Waals surface area contributed by atoms with Crippen LogP contribution in [0.25, 0.3) is 0 Å². The van der Waals surface area contributed by atoms with Gasteiger partial charge in [-0.1, -0.05) is 13.8 Å². The summed E-state index contributed by atoms with van der Waals surface area (Å²) in [6.07, 6.45) is 0.430. The molecule has 1 aromatic rings. The van der Waals surface area contributed by atoms with Gasteiger partial charge in [0.2, 0.25) is 0 Å². The average molecular weight is 222 g/mol. The van der Waals surface area contributed by atoms with E-state index in [1.807, 2.05) is 26.0 Å². The minimum Gasteiger partial charge on any atom is -0.497 e. The topological polar surface area (TPSA) is 29.5 Å². The first-order valence-electron chi connectivity index (χ1n) is 5.79. The van der Waals surface area contributed by atoms with Crippen LogP contribution in [0.5, 0.6) is 5.75 Å². The molecular formula is C14H22O2. The lowest BCUT2D eigenvalue weighted by Crippen LogP contribution is -2.06. The molecule has 0 aliphatic carbocycles. The predicted octanol–water partition coefficient (Wildman–Crippen LogP) is 3.39. The fraction of sp³-hybridized carbons (Fsp3) is 0.571. The molecule has 0 fully saturated rings. The van der Waals surface area contributed by atoms with Gasteiger partial charge in [-0.15, -0.1) is 0 Å². The standard InChI is InChI=1S/C14H22O2/c1-9(2)6-13(15)14-10(3)7-12(16-5)8-11(14)4/h7-9,13,15H,6H2,1-5H3. The van der Waals surface area contributed by atoms with Crippen LogP contribution < -0.4 is 4.74 Å². The Balaban J connectivity index is 3.04. The van der Waals surface area contributed by atoms with Gasteiger partial charge < -0.3 is 9.84 Å². The van der Waals surface area contributed by atoms with Gasteiger partial charge in [0.05, 0.1) is 13.2 Å². The smallest absolute Gasteiger partial charge is 0.119 e. The molecule has 0 saturated carbocycles. The molecular weight excluding hydrogens is 200 g/mol. The Hall–Kier alpha value is -1.02. The monoisotopic (exact) mass is 222 g/mol. The number of ether oxygens (including phenoxy) is 1. The van der Waals surface area contributed by atoms with E-state index in [4.69, 9.17) is 4.74 Å². The molecule has 0 radical (unpaired) electrons. The lowest BCUT2D eigenvalue weighted by atomic mass is 9.92. The van der Waals surface area contributed by atoms with Crippen LogP contribution in [0.1, 0.15) is 43.1 Å². The zero-order valence-electron chi connectivity index (χ0n) is 10.9. The summed E-state index contributed by atoms with van der Waals surface area (Å²) in [5.41, 5.74) is 3.25. The van der Waals surface area contributed by atoms with Gasteiger partial charge in [0.25, 0.3) is 0 Å². The molecule has 1 unspecified atom stereocenters. The van der Waals surface area contributed by atoms with Gasteiger partial charge in [-0.25, -0.2) is 0 Å². The minimum absolute atomic E-state index is 0.370. The number of hydrogen-bond donors (Lipinski definition) is 1. The van der Waals surface area contributed by atoms with Crippen molar-refractivity contribution in [2.75, 3.05) is 7.11 Å². The number of benzene rings is 1. The number of hydrogen-bond acceptors (Lipinski definition) is 2. The van der Waals surface area contributed by atoms with E-state index in [0.717, 1.165) is 28.9 Å². The molecule has 0 aliphatic rings. The first kappa shape index (κ1) is 13.0. The molecule has 0 heterocycles. The molecule has 0 spiro atoms. The molecule has 0 aromatic heterocycles. The molecule has 0 bridgehead atoms. The third kappa shape index (κ3) is 2.99. The lowest BCUT2D eigenvalue weighted by Gasteiger charge is -2.19. The summed E-state index contributed by atoms with van der Waals surface area (Å²) >= 11 is 0. The van der Waals surface area contributed by atoms with Crippen molar-refractivity contribution in [2.45, 2.75) is 40.2 Å². The Morgan fingerprint density at radius 2 is 1.69 bits per heavy atom. The van der Waals surface area contributed by atoms with Crippen LogP contribution in [0.15, 0.2) is 12.1 Å². The maximum absolute atomic E-state index is 10.2. The summed E-state index contributed by atoms with van der Waals surface area (Å²) in [5.74, 6) is 1.35. The van der Waals surface area contributed by atoms with Crippen LogP contribution >= 0.6 is 0 Å². The first-order valence-corrected chi connectivity index (χ1v) is 5.79. The zero-order valence-corrected chi connectivity index (χ0v) is 10.9. The van der Waals surface area contributed by atoms with Crippen LogP contribution in [0.3, 0.4) is 0 Å². The molecule has 16 heavy (non-hydrogen) atoms. The molecule has 90 valence electrons. The van der Waals surface area contributed by atoms with Crippen molar-refractivity contribution in [3.8, 4) is 5.75 Å². The second-order valence-corrected chi connectivity index (χ2v) is 4.82. The summed E-state index contributed by atoms with van der Waals surface area (Å²) in [5, 5.41) is 10.2.